The number of carbonyl (C=O) groups is 1. The molecule has 0 saturated carbocycles. The predicted molar refractivity (Wildman–Crippen MR) is 112 cm³/mol. The second-order valence-electron chi connectivity index (χ2n) is 6.66. The molecule has 1 heterocycles. The van der Waals surface area contributed by atoms with Crippen LogP contribution in [-0.2, 0) is 19.1 Å². The van der Waals surface area contributed by atoms with Gasteiger partial charge >= 0.3 is 5.97 Å². The average Bonchev–Trinajstić information content (AvgIpc) is 3.08. The topological polar surface area (TPSA) is 81.7 Å². The SMILES string of the molecule is CS(=O)(=O)OCCCC#Cc1cc2c(cc1F)NCC2C(=O)Oc1ccc(Cl)cc1. The smallest absolute Gasteiger partial charge is 0.320 e. The first-order valence-electron chi connectivity index (χ1n) is 9.11. The molecule has 1 aliphatic rings. The van der Waals surface area contributed by atoms with Crippen LogP contribution >= 0.6 is 11.6 Å². The molecule has 6 nitrogen and oxygen atoms in total. The Kier molecular flexibility index (Phi) is 6.98. The van der Waals surface area contributed by atoms with Crippen molar-refractivity contribution in [2.75, 3.05) is 24.7 Å². The van der Waals surface area contributed by atoms with Gasteiger partial charge in [-0.2, -0.15) is 8.42 Å². The molecule has 0 radical (unpaired) electrons. The highest BCUT2D eigenvalue weighted by Crippen LogP contribution is 2.34. The minimum Gasteiger partial charge on any atom is -0.426 e. The van der Waals surface area contributed by atoms with Crippen LogP contribution < -0.4 is 10.1 Å². The number of rotatable bonds is 6. The summed E-state index contributed by atoms with van der Waals surface area (Å²) in [6.07, 6.45) is 1.71. The van der Waals surface area contributed by atoms with Crippen molar-refractivity contribution in [3.05, 3.63) is 58.4 Å². The number of fused-ring (bicyclic) bond motifs is 1. The lowest BCUT2D eigenvalue weighted by Crippen LogP contribution is -2.20. The zero-order valence-corrected chi connectivity index (χ0v) is 17.6. The molecule has 0 fully saturated rings. The third-order valence-corrected chi connectivity index (χ3v) is 5.14. The molecule has 0 aromatic heterocycles. The number of carbonyl (C=O) groups excluding carboxylic acids is 1. The summed E-state index contributed by atoms with van der Waals surface area (Å²) >= 11 is 5.83. The largest absolute Gasteiger partial charge is 0.426 e. The molecule has 0 aliphatic carbocycles. The van der Waals surface area contributed by atoms with Crippen LogP contribution in [0.4, 0.5) is 10.1 Å². The van der Waals surface area contributed by atoms with Gasteiger partial charge in [-0.1, -0.05) is 23.4 Å². The summed E-state index contributed by atoms with van der Waals surface area (Å²) in [6.45, 7) is 0.309. The van der Waals surface area contributed by atoms with E-state index in [0.717, 1.165) is 6.26 Å². The van der Waals surface area contributed by atoms with E-state index in [2.05, 4.69) is 21.3 Å². The maximum Gasteiger partial charge on any atom is 0.320 e. The Balaban J connectivity index is 1.68. The first-order valence-corrected chi connectivity index (χ1v) is 11.3. The Morgan fingerprint density at radius 2 is 2.03 bits per heavy atom. The number of halogens is 2. The van der Waals surface area contributed by atoms with E-state index in [1.807, 2.05) is 0 Å². The molecule has 0 bridgehead atoms. The van der Waals surface area contributed by atoms with Gasteiger partial charge in [-0.25, -0.2) is 4.39 Å². The Bertz CT molecular complexity index is 1110. The van der Waals surface area contributed by atoms with Crippen molar-refractivity contribution < 1.29 is 26.5 Å². The molecular weight excluding hydrogens is 433 g/mol. The summed E-state index contributed by atoms with van der Waals surface area (Å²) in [5.41, 5.74) is 1.29. The Morgan fingerprint density at radius 3 is 2.73 bits per heavy atom. The van der Waals surface area contributed by atoms with Crippen molar-refractivity contribution >= 4 is 33.4 Å². The van der Waals surface area contributed by atoms with Crippen LogP contribution in [0.3, 0.4) is 0 Å². The molecule has 1 N–H and O–H groups in total. The summed E-state index contributed by atoms with van der Waals surface area (Å²) < 4.78 is 46.1. The lowest BCUT2D eigenvalue weighted by atomic mass is 9.99. The first-order chi connectivity index (χ1) is 14.2. The lowest BCUT2D eigenvalue weighted by molar-refractivity contribution is -0.135. The minimum absolute atomic E-state index is 0.0166. The monoisotopic (exact) mass is 451 g/mol. The van der Waals surface area contributed by atoms with E-state index < -0.39 is 27.8 Å². The van der Waals surface area contributed by atoms with E-state index in [0.29, 0.717) is 41.4 Å². The van der Waals surface area contributed by atoms with E-state index in [4.69, 9.17) is 16.3 Å². The quantitative estimate of drug-likeness (QED) is 0.237. The van der Waals surface area contributed by atoms with Crippen LogP contribution in [0.5, 0.6) is 5.75 Å². The number of benzene rings is 2. The zero-order chi connectivity index (χ0) is 21.7. The highest BCUT2D eigenvalue weighted by molar-refractivity contribution is 7.85. The summed E-state index contributed by atoms with van der Waals surface area (Å²) in [6, 6.07) is 9.28. The highest BCUT2D eigenvalue weighted by atomic mass is 35.5. The summed E-state index contributed by atoms with van der Waals surface area (Å²) in [5.74, 6) is 4.33. The molecule has 1 atom stereocenters. The third kappa shape index (κ3) is 5.95. The Hall–Kier alpha value is -2.60. The molecule has 0 spiro atoms. The van der Waals surface area contributed by atoms with Crippen LogP contribution in [0, 0.1) is 17.7 Å². The van der Waals surface area contributed by atoms with Gasteiger partial charge in [0.1, 0.15) is 17.5 Å². The number of unbranched alkanes of at least 4 members (excludes halogenated alkanes) is 1. The van der Waals surface area contributed by atoms with Gasteiger partial charge in [0.15, 0.2) is 0 Å². The maximum atomic E-state index is 14.3. The van der Waals surface area contributed by atoms with Crippen LogP contribution in [-0.4, -0.2) is 33.8 Å². The normalized spacial score (nSPS) is 15.0. The van der Waals surface area contributed by atoms with Gasteiger partial charge in [-0.3, -0.25) is 8.98 Å². The van der Waals surface area contributed by atoms with Gasteiger partial charge in [0, 0.05) is 23.7 Å². The number of nitrogens with one attached hydrogen (secondary N) is 1. The van der Waals surface area contributed by atoms with Crippen molar-refractivity contribution in [1.29, 1.82) is 0 Å². The molecule has 9 heteroatoms. The van der Waals surface area contributed by atoms with Gasteiger partial charge < -0.3 is 10.1 Å². The summed E-state index contributed by atoms with van der Waals surface area (Å²) in [7, 11) is -3.48. The zero-order valence-electron chi connectivity index (χ0n) is 16.1. The van der Waals surface area contributed by atoms with Crippen LogP contribution in [0.1, 0.15) is 29.9 Å². The number of hydrogen-bond donors (Lipinski definition) is 1. The minimum atomic E-state index is -3.48. The number of anilines is 1. The first kappa shape index (κ1) is 22.1. The average molecular weight is 452 g/mol. The molecule has 2 aromatic rings. The van der Waals surface area contributed by atoms with Crippen LogP contribution in [0.2, 0.25) is 5.02 Å². The fourth-order valence-corrected chi connectivity index (χ4v) is 3.42. The molecule has 2 aromatic carbocycles. The van der Waals surface area contributed by atoms with Gasteiger partial charge in [-0.05, 0) is 48.4 Å². The lowest BCUT2D eigenvalue weighted by Gasteiger charge is -2.11. The van der Waals surface area contributed by atoms with Crippen LogP contribution in [0.15, 0.2) is 36.4 Å². The predicted octanol–water partition coefficient (Wildman–Crippen LogP) is 3.70. The summed E-state index contributed by atoms with van der Waals surface area (Å²) in [5, 5.41) is 3.54. The van der Waals surface area contributed by atoms with Gasteiger partial charge in [0.2, 0.25) is 0 Å². The number of hydrogen-bond acceptors (Lipinski definition) is 6. The van der Waals surface area contributed by atoms with Gasteiger partial charge in [0.05, 0.1) is 18.4 Å². The summed E-state index contributed by atoms with van der Waals surface area (Å²) in [4.78, 5) is 12.6. The van der Waals surface area contributed by atoms with Gasteiger partial charge in [-0.15, -0.1) is 0 Å². The standard InChI is InChI=1S/C21H19ClFNO5S/c1-30(26,27)28-10-4-2-3-5-14-11-17-18(13-24-20(17)12-19(14)23)21(25)29-16-8-6-15(22)7-9-16/h6-9,11-12,18,24H,2,4,10,13H2,1H3. The second-order valence-corrected chi connectivity index (χ2v) is 8.74. The molecule has 1 aliphatic heterocycles. The van der Waals surface area contributed by atoms with Crippen molar-refractivity contribution in [2.45, 2.75) is 18.8 Å². The van der Waals surface area contributed by atoms with E-state index in [-0.39, 0.29) is 12.2 Å². The molecule has 0 amide bonds. The van der Waals surface area contributed by atoms with Crippen molar-refractivity contribution in [3.8, 4) is 17.6 Å². The molecule has 30 heavy (non-hydrogen) atoms. The third-order valence-electron chi connectivity index (χ3n) is 4.29. The van der Waals surface area contributed by atoms with Gasteiger partial charge in [0.25, 0.3) is 10.1 Å². The number of esters is 1. The Labute approximate surface area is 179 Å². The fraction of sp³-hybridized carbons (Fsp3) is 0.286. The highest BCUT2D eigenvalue weighted by Gasteiger charge is 2.31. The maximum absolute atomic E-state index is 14.3. The second kappa shape index (κ2) is 9.47. The van der Waals surface area contributed by atoms with E-state index in [1.165, 1.54) is 6.07 Å². The fourth-order valence-electron chi connectivity index (χ4n) is 2.88. The van der Waals surface area contributed by atoms with Crippen molar-refractivity contribution in [1.82, 2.24) is 0 Å². The van der Waals surface area contributed by atoms with E-state index in [1.54, 1.807) is 30.3 Å². The Morgan fingerprint density at radius 1 is 1.30 bits per heavy atom. The van der Waals surface area contributed by atoms with Crippen molar-refractivity contribution in [3.63, 3.8) is 0 Å². The molecule has 3 rings (SSSR count). The van der Waals surface area contributed by atoms with Crippen molar-refractivity contribution in [2.24, 2.45) is 0 Å². The van der Waals surface area contributed by atoms with E-state index in [9.17, 15) is 17.6 Å². The molecule has 1 unspecified atom stereocenters. The molecular formula is C21H19ClFNO5S. The molecule has 158 valence electrons. The number of ether oxygens (including phenoxy) is 1. The van der Waals surface area contributed by atoms with Crippen LogP contribution in [0.25, 0.3) is 0 Å². The molecule has 0 saturated heterocycles. The van der Waals surface area contributed by atoms with E-state index >= 15 is 0 Å².